The summed E-state index contributed by atoms with van der Waals surface area (Å²) in [5, 5.41) is 0.953. The molecule has 0 saturated heterocycles. The molecule has 3 heterocycles. The van der Waals surface area contributed by atoms with E-state index in [1.54, 1.807) is 6.20 Å². The van der Waals surface area contributed by atoms with E-state index in [1.165, 1.54) is 0 Å². The Morgan fingerprint density at radius 3 is 2.62 bits per heavy atom. The molecule has 3 aromatic rings. The van der Waals surface area contributed by atoms with E-state index in [0.29, 0.717) is 11.6 Å². The van der Waals surface area contributed by atoms with E-state index in [1.807, 2.05) is 19.2 Å². The molecule has 0 amide bonds. The number of nitrogen functional groups attached to an aromatic ring is 1. The van der Waals surface area contributed by atoms with Crippen molar-refractivity contribution >= 4 is 16.9 Å². The van der Waals surface area contributed by atoms with Crippen molar-refractivity contribution in [2.75, 3.05) is 5.73 Å². The first kappa shape index (κ1) is 13.5. The third-order valence-electron chi connectivity index (χ3n) is 4.09. The number of fused-ring (bicyclic) bond motifs is 1. The second-order valence-electron chi connectivity index (χ2n) is 5.40. The Bertz CT molecular complexity index is 805. The van der Waals surface area contributed by atoms with Crippen LogP contribution >= 0.6 is 0 Å². The molecule has 0 aliphatic heterocycles. The van der Waals surface area contributed by atoms with Gasteiger partial charge in [-0.2, -0.15) is 0 Å². The van der Waals surface area contributed by atoms with Gasteiger partial charge in [-0.3, -0.25) is 4.98 Å². The van der Waals surface area contributed by atoms with Crippen LogP contribution in [-0.4, -0.2) is 19.5 Å². The second kappa shape index (κ2) is 4.84. The fraction of sp³-hybridized carbons (Fsp3) is 0.312. The van der Waals surface area contributed by atoms with Gasteiger partial charge in [0.25, 0.3) is 0 Å². The van der Waals surface area contributed by atoms with E-state index in [4.69, 9.17) is 5.73 Å². The molecule has 0 aliphatic rings. The average molecular weight is 281 g/mol. The predicted octanol–water partition coefficient (Wildman–Crippen LogP) is 2.94. The highest BCUT2D eigenvalue weighted by Crippen LogP contribution is 2.32. The van der Waals surface area contributed by atoms with E-state index in [0.717, 1.165) is 27.9 Å². The molecule has 108 valence electrons. The Kier molecular flexibility index (Phi) is 3.12. The van der Waals surface area contributed by atoms with Crippen LogP contribution in [0.5, 0.6) is 0 Å². The number of nitrogens with zero attached hydrogens (tertiary/aromatic N) is 4. The van der Waals surface area contributed by atoms with Gasteiger partial charge < -0.3 is 10.3 Å². The molecule has 5 heteroatoms. The molecule has 1 atom stereocenters. The van der Waals surface area contributed by atoms with Gasteiger partial charge in [-0.1, -0.05) is 6.07 Å². The normalized spacial score (nSPS) is 12.8. The van der Waals surface area contributed by atoms with E-state index >= 15 is 0 Å². The zero-order valence-corrected chi connectivity index (χ0v) is 12.8. The van der Waals surface area contributed by atoms with E-state index in [2.05, 4.69) is 46.4 Å². The van der Waals surface area contributed by atoms with Crippen LogP contribution in [0.2, 0.25) is 0 Å². The monoisotopic (exact) mass is 281 g/mol. The maximum Gasteiger partial charge on any atom is 0.146 e. The predicted molar refractivity (Wildman–Crippen MR) is 84.2 cm³/mol. The molecule has 0 spiro atoms. The SMILES string of the molecule is Cc1nc(N)c2c(C)c(C)n(C(C)c3cccnc3)c2n1. The summed E-state index contributed by atoms with van der Waals surface area (Å²) in [5.41, 5.74) is 10.4. The molecule has 0 aromatic carbocycles. The third-order valence-corrected chi connectivity index (χ3v) is 4.09. The first-order valence-corrected chi connectivity index (χ1v) is 7.01. The number of hydrogen-bond donors (Lipinski definition) is 1. The summed E-state index contributed by atoms with van der Waals surface area (Å²) >= 11 is 0. The minimum Gasteiger partial charge on any atom is -0.383 e. The maximum absolute atomic E-state index is 6.10. The summed E-state index contributed by atoms with van der Waals surface area (Å²) in [7, 11) is 0. The number of pyridine rings is 1. The van der Waals surface area contributed by atoms with Gasteiger partial charge in [-0.15, -0.1) is 0 Å². The van der Waals surface area contributed by atoms with Crippen LogP contribution < -0.4 is 5.73 Å². The fourth-order valence-electron chi connectivity index (χ4n) is 2.88. The lowest BCUT2D eigenvalue weighted by Crippen LogP contribution is -2.10. The largest absolute Gasteiger partial charge is 0.383 e. The van der Waals surface area contributed by atoms with Crippen LogP contribution in [-0.2, 0) is 0 Å². The smallest absolute Gasteiger partial charge is 0.146 e. The maximum atomic E-state index is 6.10. The second-order valence-corrected chi connectivity index (χ2v) is 5.40. The Hall–Kier alpha value is -2.43. The topological polar surface area (TPSA) is 69.6 Å². The molecule has 1 unspecified atom stereocenters. The number of anilines is 1. The molecule has 0 saturated carbocycles. The molecule has 0 radical (unpaired) electrons. The summed E-state index contributed by atoms with van der Waals surface area (Å²) in [6.45, 7) is 8.18. The van der Waals surface area contributed by atoms with Crippen LogP contribution in [0.4, 0.5) is 5.82 Å². The highest BCUT2D eigenvalue weighted by molar-refractivity contribution is 5.91. The van der Waals surface area contributed by atoms with E-state index in [9.17, 15) is 0 Å². The van der Waals surface area contributed by atoms with Crippen molar-refractivity contribution in [2.45, 2.75) is 33.7 Å². The van der Waals surface area contributed by atoms with Gasteiger partial charge in [0, 0.05) is 18.1 Å². The summed E-state index contributed by atoms with van der Waals surface area (Å²) in [6.07, 6.45) is 3.68. The molecule has 3 aromatic heterocycles. The van der Waals surface area contributed by atoms with Crippen LogP contribution in [0.15, 0.2) is 24.5 Å². The Morgan fingerprint density at radius 1 is 1.19 bits per heavy atom. The Morgan fingerprint density at radius 2 is 1.95 bits per heavy atom. The number of aromatic nitrogens is 4. The lowest BCUT2D eigenvalue weighted by molar-refractivity contribution is 0.636. The minimum atomic E-state index is 0.142. The number of rotatable bonds is 2. The molecule has 5 nitrogen and oxygen atoms in total. The average Bonchev–Trinajstić information content (AvgIpc) is 2.71. The molecule has 21 heavy (non-hydrogen) atoms. The van der Waals surface area contributed by atoms with Crippen molar-refractivity contribution in [1.82, 2.24) is 19.5 Å². The fourth-order valence-corrected chi connectivity index (χ4v) is 2.88. The molecular formula is C16H19N5. The summed E-state index contributed by atoms with van der Waals surface area (Å²) in [4.78, 5) is 13.1. The van der Waals surface area contributed by atoms with Crippen LogP contribution in [0.1, 0.15) is 35.6 Å². The number of nitrogens with two attached hydrogens (primary N) is 1. The highest BCUT2D eigenvalue weighted by atomic mass is 15.1. The van der Waals surface area contributed by atoms with Crippen molar-refractivity contribution in [2.24, 2.45) is 0 Å². The first-order chi connectivity index (χ1) is 10.0. The molecule has 0 aliphatic carbocycles. The number of hydrogen-bond acceptors (Lipinski definition) is 4. The van der Waals surface area contributed by atoms with Gasteiger partial charge in [0.05, 0.1) is 11.4 Å². The van der Waals surface area contributed by atoms with Gasteiger partial charge in [0.15, 0.2) is 0 Å². The summed E-state index contributed by atoms with van der Waals surface area (Å²) in [6, 6.07) is 4.17. The van der Waals surface area contributed by atoms with E-state index < -0.39 is 0 Å². The van der Waals surface area contributed by atoms with Gasteiger partial charge in [0.2, 0.25) is 0 Å². The standard InChI is InChI=1S/C16H19N5/c1-9-10(2)21(11(3)13-6-5-7-18-8-13)16-14(9)15(17)19-12(4)20-16/h5-8,11H,1-4H3,(H2,17,19,20). The third kappa shape index (κ3) is 2.05. The van der Waals surface area contributed by atoms with Crippen molar-refractivity contribution in [3.05, 3.63) is 47.2 Å². The highest BCUT2D eigenvalue weighted by Gasteiger charge is 2.20. The Balaban J connectivity index is 2.30. The first-order valence-electron chi connectivity index (χ1n) is 7.01. The molecule has 3 rings (SSSR count). The van der Waals surface area contributed by atoms with E-state index in [-0.39, 0.29) is 6.04 Å². The number of aryl methyl sites for hydroxylation is 2. The van der Waals surface area contributed by atoms with Crippen molar-refractivity contribution in [1.29, 1.82) is 0 Å². The zero-order valence-electron chi connectivity index (χ0n) is 12.8. The zero-order chi connectivity index (χ0) is 15.1. The van der Waals surface area contributed by atoms with Crippen molar-refractivity contribution < 1.29 is 0 Å². The van der Waals surface area contributed by atoms with Crippen LogP contribution in [0.3, 0.4) is 0 Å². The quantitative estimate of drug-likeness (QED) is 0.784. The summed E-state index contributed by atoms with van der Waals surface area (Å²) in [5.74, 6) is 1.24. The lowest BCUT2D eigenvalue weighted by Gasteiger charge is -2.17. The molecule has 2 N–H and O–H groups in total. The molecular weight excluding hydrogens is 262 g/mol. The van der Waals surface area contributed by atoms with Gasteiger partial charge in [-0.25, -0.2) is 9.97 Å². The molecule has 0 bridgehead atoms. The minimum absolute atomic E-state index is 0.142. The van der Waals surface area contributed by atoms with Crippen LogP contribution in [0.25, 0.3) is 11.0 Å². The van der Waals surface area contributed by atoms with Crippen molar-refractivity contribution in [3.63, 3.8) is 0 Å². The van der Waals surface area contributed by atoms with Gasteiger partial charge in [-0.05, 0) is 44.9 Å². The van der Waals surface area contributed by atoms with Gasteiger partial charge >= 0.3 is 0 Å². The summed E-state index contributed by atoms with van der Waals surface area (Å²) < 4.78 is 2.22. The lowest BCUT2D eigenvalue weighted by atomic mass is 10.1. The Labute approximate surface area is 123 Å². The molecule has 0 fully saturated rings. The van der Waals surface area contributed by atoms with Crippen LogP contribution in [0, 0.1) is 20.8 Å². The van der Waals surface area contributed by atoms with Gasteiger partial charge in [0.1, 0.15) is 17.3 Å². The van der Waals surface area contributed by atoms with Crippen molar-refractivity contribution in [3.8, 4) is 0 Å².